The van der Waals surface area contributed by atoms with Gasteiger partial charge in [-0.3, -0.25) is 10.2 Å². The van der Waals surface area contributed by atoms with Crippen molar-refractivity contribution >= 4 is 34.3 Å². The highest BCUT2D eigenvalue weighted by Crippen LogP contribution is 2.38. The first-order valence-electron chi connectivity index (χ1n) is 14.2. The van der Waals surface area contributed by atoms with E-state index in [0.29, 0.717) is 36.9 Å². The van der Waals surface area contributed by atoms with E-state index in [4.69, 9.17) is 4.74 Å². The van der Waals surface area contributed by atoms with E-state index in [0.717, 1.165) is 41.4 Å². The van der Waals surface area contributed by atoms with Crippen molar-refractivity contribution < 1.29 is 14.3 Å². The minimum Gasteiger partial charge on any atom is -0.493 e. The number of hydrogen-bond donors (Lipinski definition) is 4. The fourth-order valence-corrected chi connectivity index (χ4v) is 4.67. The Morgan fingerprint density at radius 1 is 1.00 bits per heavy atom. The second kappa shape index (κ2) is 14.3. The average Bonchev–Trinajstić information content (AvgIpc) is 3.38. The third kappa shape index (κ3) is 9.45. The largest absolute Gasteiger partial charge is 0.493 e. The van der Waals surface area contributed by atoms with Crippen molar-refractivity contribution in [2.75, 3.05) is 23.9 Å². The minimum atomic E-state index is -0.358. The van der Waals surface area contributed by atoms with Crippen molar-refractivity contribution in [2.45, 2.75) is 85.0 Å². The molecule has 0 atom stereocenters. The zero-order valence-corrected chi connectivity index (χ0v) is 26.1. The lowest BCUT2D eigenvalue weighted by atomic mass is 9.76. The number of aromatic nitrogens is 2. The third-order valence-electron chi connectivity index (χ3n) is 7.48. The first-order valence-corrected chi connectivity index (χ1v) is 15.0. The number of carbonyl (C=O) groups excluding carboxylic acids is 2. The number of urea groups is 1. The third-order valence-corrected chi connectivity index (χ3v) is 8.15. The Labute approximate surface area is 248 Å². The quantitative estimate of drug-likeness (QED) is 0.127. The molecule has 0 aliphatic carbocycles. The molecule has 0 spiro atoms. The van der Waals surface area contributed by atoms with Gasteiger partial charge in [-0.15, -0.1) is 0 Å². The molecule has 0 saturated heterocycles. The first-order chi connectivity index (χ1) is 19.4. The molecule has 0 unspecified atom stereocenters. The Morgan fingerprint density at radius 2 is 1.76 bits per heavy atom. The van der Waals surface area contributed by atoms with E-state index in [2.05, 4.69) is 90.6 Å². The molecule has 0 radical (unpaired) electrons. The molecule has 0 aliphatic rings. The molecule has 9 nitrogen and oxygen atoms in total. The van der Waals surface area contributed by atoms with Gasteiger partial charge in [0.1, 0.15) is 11.6 Å². The molecule has 3 rings (SSSR count). The molecular weight excluding hydrogens is 536 g/mol. The van der Waals surface area contributed by atoms with E-state index in [-0.39, 0.29) is 22.8 Å². The number of carbonyl (C=O) groups is 2. The summed E-state index contributed by atoms with van der Waals surface area (Å²) in [5.74, 6) is 1.41. The maximum Gasteiger partial charge on any atom is 0.333 e. The van der Waals surface area contributed by atoms with Crippen LogP contribution in [0.2, 0.25) is 0 Å². The van der Waals surface area contributed by atoms with Crippen LogP contribution in [0.1, 0.15) is 90.2 Å². The molecule has 0 aliphatic heterocycles. The van der Waals surface area contributed by atoms with Crippen molar-refractivity contribution in [3.8, 4) is 5.75 Å². The number of hydrazine groups is 1. The monoisotopic (exact) mass is 580 g/mol. The van der Waals surface area contributed by atoms with E-state index < -0.39 is 0 Å². The van der Waals surface area contributed by atoms with Crippen LogP contribution in [-0.2, 0) is 22.0 Å². The summed E-state index contributed by atoms with van der Waals surface area (Å²) >= 11 is 1.16. The van der Waals surface area contributed by atoms with Crippen LogP contribution in [0.3, 0.4) is 0 Å². The van der Waals surface area contributed by atoms with Crippen LogP contribution in [0.15, 0.2) is 42.5 Å². The maximum absolute atomic E-state index is 12.3. The molecular formula is C31H44N6O3S. The van der Waals surface area contributed by atoms with E-state index >= 15 is 0 Å². The van der Waals surface area contributed by atoms with Crippen LogP contribution in [-0.4, -0.2) is 34.4 Å². The van der Waals surface area contributed by atoms with E-state index in [9.17, 15) is 9.59 Å². The molecule has 1 aromatic heterocycles. The molecule has 0 bridgehead atoms. The number of anilines is 2. The van der Waals surface area contributed by atoms with E-state index in [1.165, 1.54) is 18.1 Å². The summed E-state index contributed by atoms with van der Waals surface area (Å²) in [5.41, 5.74) is 9.77. The van der Waals surface area contributed by atoms with Crippen LogP contribution in [0.5, 0.6) is 5.75 Å². The Kier molecular flexibility index (Phi) is 11.1. The number of rotatable bonds is 14. The van der Waals surface area contributed by atoms with Crippen molar-refractivity contribution in [3.63, 3.8) is 0 Å². The first kappa shape index (κ1) is 31.9. The van der Waals surface area contributed by atoms with Crippen LogP contribution >= 0.6 is 11.5 Å². The van der Waals surface area contributed by atoms with Gasteiger partial charge in [0.15, 0.2) is 0 Å². The van der Waals surface area contributed by atoms with Gasteiger partial charge in [0.05, 0.1) is 6.61 Å². The fraction of sp³-hybridized carbons (Fsp3) is 0.484. The van der Waals surface area contributed by atoms with Crippen molar-refractivity contribution in [3.05, 3.63) is 65.0 Å². The van der Waals surface area contributed by atoms with Crippen LogP contribution in [0.25, 0.3) is 0 Å². The van der Waals surface area contributed by atoms with Gasteiger partial charge in [-0.2, -0.15) is 4.37 Å². The lowest BCUT2D eigenvalue weighted by molar-refractivity contribution is -0.114. The Hall–Kier alpha value is -3.66. The predicted molar refractivity (Wildman–Crippen MR) is 167 cm³/mol. The highest BCUT2D eigenvalue weighted by molar-refractivity contribution is 7.09. The molecule has 41 heavy (non-hydrogen) atoms. The number of benzene rings is 2. The zero-order chi connectivity index (χ0) is 30.0. The minimum absolute atomic E-state index is 0.000254. The van der Waals surface area contributed by atoms with Gasteiger partial charge in [-0.1, -0.05) is 65.8 Å². The Balaban J connectivity index is 1.43. The molecule has 3 aromatic rings. The molecule has 4 N–H and O–H groups in total. The smallest absolute Gasteiger partial charge is 0.333 e. The number of hydrogen-bond acceptors (Lipinski definition) is 7. The molecule has 0 saturated carbocycles. The summed E-state index contributed by atoms with van der Waals surface area (Å²) in [7, 11) is 0. The zero-order valence-electron chi connectivity index (χ0n) is 25.3. The van der Waals surface area contributed by atoms with Crippen molar-refractivity contribution in [1.29, 1.82) is 0 Å². The van der Waals surface area contributed by atoms with E-state index in [1.54, 1.807) is 0 Å². The standard InChI is InChI=1S/C31H44N6O3S/c1-8-30(4,5)23-14-15-26(25(20-23)31(6,7)9-2)40-17-11-16-32-28(39)35-36-29-34-27(37-41-29)19-22-12-10-13-24(18-22)33-21(3)38/h10,12-15,18,20H,8-9,11,16-17,19H2,1-7H3,(H,33,38)(H2,32,35,39)(H,34,36,37). The average molecular weight is 581 g/mol. The highest BCUT2D eigenvalue weighted by atomic mass is 32.1. The summed E-state index contributed by atoms with van der Waals surface area (Å²) in [4.78, 5) is 28.0. The van der Waals surface area contributed by atoms with Gasteiger partial charge in [0.25, 0.3) is 0 Å². The van der Waals surface area contributed by atoms with E-state index in [1.807, 2.05) is 24.3 Å². The van der Waals surface area contributed by atoms with Gasteiger partial charge >= 0.3 is 6.03 Å². The Bertz CT molecular complexity index is 1320. The fourth-order valence-electron chi connectivity index (χ4n) is 4.13. The second-order valence-corrected chi connectivity index (χ2v) is 12.2. The lowest BCUT2D eigenvalue weighted by Gasteiger charge is -2.30. The van der Waals surface area contributed by atoms with Crippen LogP contribution in [0, 0.1) is 0 Å². The summed E-state index contributed by atoms with van der Waals surface area (Å²) in [6, 6.07) is 13.8. The van der Waals surface area contributed by atoms with Crippen LogP contribution < -0.4 is 26.2 Å². The van der Waals surface area contributed by atoms with Gasteiger partial charge < -0.3 is 15.4 Å². The summed E-state index contributed by atoms with van der Waals surface area (Å²) in [6.07, 6.45) is 3.25. The molecule has 3 amide bonds. The normalized spacial score (nSPS) is 11.6. The lowest BCUT2D eigenvalue weighted by Crippen LogP contribution is -2.39. The predicted octanol–water partition coefficient (Wildman–Crippen LogP) is 6.56. The summed E-state index contributed by atoms with van der Waals surface area (Å²) < 4.78 is 10.5. The molecule has 2 aromatic carbocycles. The number of nitrogens with one attached hydrogen (secondary N) is 4. The number of amides is 3. The topological polar surface area (TPSA) is 117 Å². The highest BCUT2D eigenvalue weighted by Gasteiger charge is 2.26. The molecule has 222 valence electrons. The summed E-state index contributed by atoms with van der Waals surface area (Å²) in [6.45, 7) is 15.9. The van der Waals surface area contributed by atoms with Gasteiger partial charge in [-0.25, -0.2) is 15.2 Å². The molecule has 10 heteroatoms. The number of nitrogens with zero attached hydrogens (tertiary/aromatic N) is 2. The SMILES string of the molecule is CCC(C)(C)c1ccc(OCCCNC(=O)NNc2nc(Cc3cccc(NC(C)=O)c3)ns2)c(C(C)(C)CC)c1. The van der Waals surface area contributed by atoms with Crippen molar-refractivity contribution in [1.82, 2.24) is 20.1 Å². The molecule has 1 heterocycles. The molecule has 0 fully saturated rings. The number of ether oxygens (including phenoxy) is 1. The van der Waals surface area contributed by atoms with Gasteiger partial charge in [-0.05, 0) is 59.4 Å². The maximum atomic E-state index is 12.3. The van der Waals surface area contributed by atoms with Gasteiger partial charge in [0, 0.05) is 42.7 Å². The van der Waals surface area contributed by atoms with Crippen molar-refractivity contribution in [2.24, 2.45) is 0 Å². The second-order valence-electron chi connectivity index (χ2n) is 11.5. The van der Waals surface area contributed by atoms with Crippen LogP contribution in [0.4, 0.5) is 15.6 Å². The Morgan fingerprint density at radius 3 is 2.46 bits per heavy atom. The van der Waals surface area contributed by atoms with Gasteiger partial charge in [0.2, 0.25) is 11.0 Å². The summed E-state index contributed by atoms with van der Waals surface area (Å²) in [5, 5.41) is 6.08.